The van der Waals surface area contributed by atoms with Gasteiger partial charge in [-0.2, -0.15) is 0 Å². The molecule has 1 unspecified atom stereocenters. The number of ketones is 1. The Labute approximate surface area is 115 Å². The van der Waals surface area contributed by atoms with E-state index >= 15 is 0 Å². The van der Waals surface area contributed by atoms with Crippen LogP contribution in [-0.2, 0) is 24.3 Å². The van der Waals surface area contributed by atoms with Gasteiger partial charge in [0, 0.05) is 0 Å². The number of hydrogen-bond donors (Lipinski definition) is 0. The summed E-state index contributed by atoms with van der Waals surface area (Å²) in [6.07, 6.45) is 0. The Morgan fingerprint density at radius 1 is 1.25 bits per heavy atom. The first-order chi connectivity index (χ1) is 9.32. The highest BCUT2D eigenvalue weighted by Gasteiger charge is 2.49. The van der Waals surface area contributed by atoms with Crippen molar-refractivity contribution in [2.24, 2.45) is 0 Å². The molecule has 0 radical (unpaired) electrons. The van der Waals surface area contributed by atoms with Crippen LogP contribution >= 0.6 is 0 Å². The summed E-state index contributed by atoms with van der Waals surface area (Å²) in [7, 11) is -3.22. The fraction of sp³-hybridized carbons (Fsp3) is 0.250. The Morgan fingerprint density at radius 2 is 1.85 bits per heavy atom. The minimum atomic E-state index is -4.23. The zero-order chi connectivity index (χ0) is 15.1. The van der Waals surface area contributed by atoms with E-state index in [-0.39, 0.29) is 14.8 Å². The molecule has 1 aliphatic heterocycles. The number of methoxy groups -OCH3 is 1. The Bertz CT molecular complexity index is 708. The third kappa shape index (κ3) is 1.88. The van der Waals surface area contributed by atoms with Gasteiger partial charge in [-0.25, -0.2) is 17.5 Å². The minimum Gasteiger partial charge on any atom is -0.467 e. The van der Waals surface area contributed by atoms with Crippen molar-refractivity contribution in [3.05, 3.63) is 29.8 Å². The highest BCUT2D eigenvalue weighted by atomic mass is 32.2. The number of hydrogen-bond acceptors (Lipinski definition) is 6. The molecule has 7 nitrogen and oxygen atoms in total. The van der Waals surface area contributed by atoms with Gasteiger partial charge < -0.3 is 4.74 Å². The van der Waals surface area contributed by atoms with E-state index in [2.05, 4.69) is 4.74 Å². The van der Waals surface area contributed by atoms with Gasteiger partial charge in [-0.3, -0.25) is 9.59 Å². The second-order valence-corrected chi connectivity index (χ2v) is 5.92. The van der Waals surface area contributed by atoms with Crippen LogP contribution in [0.2, 0.25) is 0 Å². The first kappa shape index (κ1) is 14.2. The average molecular weight is 297 g/mol. The molecular weight excluding hydrogens is 286 g/mol. The summed E-state index contributed by atoms with van der Waals surface area (Å²) in [6, 6.07) is 3.72. The molecule has 0 aromatic heterocycles. The smallest absolute Gasteiger partial charge is 0.337 e. The first-order valence-corrected chi connectivity index (χ1v) is 7.02. The van der Waals surface area contributed by atoms with Crippen LogP contribution in [0, 0.1) is 0 Å². The maximum atomic E-state index is 12.3. The van der Waals surface area contributed by atoms with Crippen LogP contribution in [0.3, 0.4) is 0 Å². The topological polar surface area (TPSA) is 97.8 Å². The summed E-state index contributed by atoms with van der Waals surface area (Å²) in [5.74, 6) is -2.80. The number of amides is 1. The van der Waals surface area contributed by atoms with E-state index in [0.29, 0.717) is 0 Å². The van der Waals surface area contributed by atoms with E-state index < -0.39 is 33.7 Å². The van der Waals surface area contributed by atoms with Gasteiger partial charge in [0.05, 0.1) is 12.7 Å². The van der Waals surface area contributed by atoms with Crippen LogP contribution in [-0.4, -0.2) is 43.5 Å². The fourth-order valence-corrected chi connectivity index (χ4v) is 3.72. The molecular formula is C12H11NO6S. The van der Waals surface area contributed by atoms with Gasteiger partial charge in [0.25, 0.3) is 15.9 Å². The van der Waals surface area contributed by atoms with E-state index in [0.717, 1.165) is 14.0 Å². The minimum absolute atomic E-state index is 0.0670. The molecule has 20 heavy (non-hydrogen) atoms. The molecule has 1 amide bonds. The predicted octanol–water partition coefficient (Wildman–Crippen LogP) is -0.0383. The monoisotopic (exact) mass is 297 g/mol. The molecule has 0 aliphatic carbocycles. The van der Waals surface area contributed by atoms with Gasteiger partial charge in [-0.05, 0) is 19.1 Å². The number of esters is 1. The Hall–Kier alpha value is -2.22. The summed E-state index contributed by atoms with van der Waals surface area (Å²) in [5, 5.41) is 0. The van der Waals surface area contributed by atoms with E-state index in [9.17, 15) is 22.8 Å². The molecule has 8 heteroatoms. The molecule has 0 spiro atoms. The average Bonchev–Trinajstić information content (AvgIpc) is 2.60. The van der Waals surface area contributed by atoms with Crippen molar-refractivity contribution in [2.75, 3.05) is 7.11 Å². The van der Waals surface area contributed by atoms with Crippen molar-refractivity contribution in [3.8, 4) is 0 Å². The standard InChI is InChI=1S/C12H11NO6S/c1-7(14)10(12(16)19-2)13-11(15)8-5-3-4-6-9(8)20(13,17)18/h3-6,10H,1-2H3. The van der Waals surface area contributed by atoms with E-state index in [1.807, 2.05) is 0 Å². The van der Waals surface area contributed by atoms with Crippen molar-refractivity contribution in [2.45, 2.75) is 17.9 Å². The lowest BCUT2D eigenvalue weighted by Crippen LogP contribution is -2.49. The normalized spacial score (nSPS) is 17.5. The molecule has 0 N–H and O–H groups in total. The van der Waals surface area contributed by atoms with Crippen LogP contribution in [0.25, 0.3) is 0 Å². The quantitative estimate of drug-likeness (QED) is 0.573. The maximum absolute atomic E-state index is 12.3. The van der Waals surface area contributed by atoms with Crippen molar-refractivity contribution in [1.29, 1.82) is 0 Å². The summed E-state index contributed by atoms with van der Waals surface area (Å²) < 4.78 is 29.3. The van der Waals surface area contributed by atoms with E-state index in [4.69, 9.17) is 0 Å². The molecule has 2 rings (SSSR count). The van der Waals surface area contributed by atoms with E-state index in [1.54, 1.807) is 0 Å². The second kappa shape index (κ2) is 4.71. The van der Waals surface area contributed by atoms with Crippen molar-refractivity contribution in [3.63, 3.8) is 0 Å². The Kier molecular flexibility index (Phi) is 3.34. The van der Waals surface area contributed by atoms with Crippen LogP contribution in [0.4, 0.5) is 0 Å². The molecule has 1 atom stereocenters. The third-order valence-corrected chi connectivity index (χ3v) is 4.70. The first-order valence-electron chi connectivity index (χ1n) is 5.58. The van der Waals surface area contributed by atoms with Crippen LogP contribution < -0.4 is 0 Å². The lowest BCUT2D eigenvalue weighted by molar-refractivity contribution is -0.147. The molecule has 1 heterocycles. The number of sulfonamides is 1. The van der Waals surface area contributed by atoms with Crippen LogP contribution in [0.1, 0.15) is 17.3 Å². The summed E-state index contributed by atoms with van der Waals surface area (Å²) in [6.45, 7) is 1.02. The van der Waals surface area contributed by atoms with Crippen molar-refractivity contribution < 1.29 is 27.5 Å². The lowest BCUT2D eigenvalue weighted by Gasteiger charge is -2.21. The zero-order valence-corrected chi connectivity index (χ0v) is 11.5. The SMILES string of the molecule is COC(=O)C(C(C)=O)N1C(=O)c2ccccc2S1(=O)=O. The molecule has 0 bridgehead atoms. The fourth-order valence-electron chi connectivity index (χ4n) is 2.00. The van der Waals surface area contributed by atoms with Gasteiger partial charge >= 0.3 is 5.97 Å². The number of rotatable bonds is 3. The van der Waals surface area contributed by atoms with Gasteiger partial charge in [-0.15, -0.1) is 0 Å². The molecule has 0 fully saturated rings. The highest BCUT2D eigenvalue weighted by Crippen LogP contribution is 2.32. The van der Waals surface area contributed by atoms with Crippen molar-refractivity contribution in [1.82, 2.24) is 4.31 Å². The van der Waals surface area contributed by atoms with Gasteiger partial charge in [0.1, 0.15) is 4.90 Å². The number of Topliss-reactive ketones (excluding diaryl/α,β-unsaturated/α-hetero) is 1. The molecule has 1 aromatic rings. The summed E-state index contributed by atoms with van der Waals surface area (Å²) >= 11 is 0. The zero-order valence-electron chi connectivity index (χ0n) is 10.7. The Balaban J connectivity index is 2.63. The molecule has 0 saturated carbocycles. The molecule has 1 aromatic carbocycles. The number of nitrogens with zero attached hydrogens (tertiary/aromatic N) is 1. The maximum Gasteiger partial charge on any atom is 0.337 e. The van der Waals surface area contributed by atoms with Crippen LogP contribution in [0.5, 0.6) is 0 Å². The number of benzene rings is 1. The predicted molar refractivity (Wildman–Crippen MR) is 66.3 cm³/mol. The van der Waals surface area contributed by atoms with Gasteiger partial charge in [0.15, 0.2) is 5.78 Å². The largest absolute Gasteiger partial charge is 0.467 e. The molecule has 0 saturated heterocycles. The lowest BCUT2D eigenvalue weighted by atomic mass is 10.1. The highest BCUT2D eigenvalue weighted by molar-refractivity contribution is 7.90. The van der Waals surface area contributed by atoms with E-state index in [1.165, 1.54) is 24.3 Å². The van der Waals surface area contributed by atoms with Crippen molar-refractivity contribution >= 4 is 27.7 Å². The number of carbonyl (C=O) groups is 3. The van der Waals surface area contributed by atoms with Gasteiger partial charge in [0.2, 0.25) is 6.04 Å². The Morgan fingerprint density at radius 3 is 2.35 bits per heavy atom. The molecule has 106 valence electrons. The summed E-state index contributed by atoms with van der Waals surface area (Å²) in [5.41, 5.74) is -0.0670. The third-order valence-electron chi connectivity index (χ3n) is 2.90. The number of ether oxygens (including phenoxy) is 1. The number of carbonyl (C=O) groups excluding carboxylic acids is 3. The second-order valence-electron chi connectivity index (χ2n) is 4.14. The number of fused-ring (bicyclic) bond motifs is 1. The van der Waals surface area contributed by atoms with Gasteiger partial charge in [-0.1, -0.05) is 12.1 Å². The summed E-state index contributed by atoms with van der Waals surface area (Å²) in [4.78, 5) is 35.1. The van der Waals surface area contributed by atoms with Crippen LogP contribution in [0.15, 0.2) is 29.2 Å². The molecule has 1 aliphatic rings.